The summed E-state index contributed by atoms with van der Waals surface area (Å²) in [5.41, 5.74) is 1.10. The molecule has 0 spiro atoms. The molecule has 0 fully saturated rings. The lowest BCUT2D eigenvalue weighted by atomic mass is 9.98. The van der Waals surface area contributed by atoms with Gasteiger partial charge in [0.05, 0.1) is 13.0 Å². The second kappa shape index (κ2) is 5.76. The molecule has 1 aromatic rings. The van der Waals surface area contributed by atoms with Crippen molar-refractivity contribution in [1.29, 1.82) is 0 Å². The highest BCUT2D eigenvalue weighted by Gasteiger charge is 2.11. The summed E-state index contributed by atoms with van der Waals surface area (Å²) in [6.45, 7) is 4.25. The van der Waals surface area contributed by atoms with Crippen LogP contribution in [0.2, 0.25) is 5.02 Å². The molecule has 3 heteroatoms. The standard InChI is InChI=1S/C12H15ClO2/c1-3-15-12(14)8-9(2)10-4-6-11(13)7-5-10/h4-7,9H,3,8H2,1-2H3. The Hall–Kier alpha value is -1.02. The Labute approximate surface area is 95.2 Å². The van der Waals surface area contributed by atoms with Gasteiger partial charge in [0.2, 0.25) is 0 Å². The molecule has 1 unspecified atom stereocenters. The summed E-state index contributed by atoms with van der Waals surface area (Å²) in [6, 6.07) is 7.54. The molecule has 0 aliphatic carbocycles. The molecular weight excluding hydrogens is 212 g/mol. The minimum atomic E-state index is -0.153. The van der Waals surface area contributed by atoms with Crippen LogP contribution in [0.5, 0.6) is 0 Å². The van der Waals surface area contributed by atoms with Crippen LogP contribution in [0.3, 0.4) is 0 Å². The van der Waals surface area contributed by atoms with Crippen LogP contribution in [-0.4, -0.2) is 12.6 Å². The largest absolute Gasteiger partial charge is 0.466 e. The van der Waals surface area contributed by atoms with Crippen LogP contribution in [0.1, 0.15) is 31.7 Å². The number of rotatable bonds is 4. The molecule has 0 aromatic heterocycles. The van der Waals surface area contributed by atoms with Crippen molar-refractivity contribution in [1.82, 2.24) is 0 Å². The predicted octanol–water partition coefficient (Wildman–Crippen LogP) is 3.40. The topological polar surface area (TPSA) is 26.3 Å². The van der Waals surface area contributed by atoms with Gasteiger partial charge in [-0.2, -0.15) is 0 Å². The highest BCUT2D eigenvalue weighted by atomic mass is 35.5. The Morgan fingerprint density at radius 2 is 2.00 bits per heavy atom. The molecule has 0 aliphatic heterocycles. The SMILES string of the molecule is CCOC(=O)CC(C)c1ccc(Cl)cc1. The highest BCUT2D eigenvalue weighted by Crippen LogP contribution is 2.21. The van der Waals surface area contributed by atoms with Crippen LogP contribution in [0.15, 0.2) is 24.3 Å². The van der Waals surface area contributed by atoms with Gasteiger partial charge in [-0.3, -0.25) is 4.79 Å². The summed E-state index contributed by atoms with van der Waals surface area (Å²) in [5.74, 6) is 0.0151. The van der Waals surface area contributed by atoms with E-state index >= 15 is 0 Å². The smallest absolute Gasteiger partial charge is 0.306 e. The van der Waals surface area contributed by atoms with Crippen LogP contribution in [0, 0.1) is 0 Å². The highest BCUT2D eigenvalue weighted by molar-refractivity contribution is 6.30. The number of ether oxygens (including phenoxy) is 1. The summed E-state index contributed by atoms with van der Waals surface area (Å²) >= 11 is 5.78. The van der Waals surface area contributed by atoms with Gasteiger partial charge >= 0.3 is 5.97 Å². The fourth-order valence-corrected chi connectivity index (χ4v) is 1.51. The monoisotopic (exact) mass is 226 g/mol. The molecule has 15 heavy (non-hydrogen) atoms. The molecule has 82 valence electrons. The number of esters is 1. The van der Waals surface area contributed by atoms with E-state index in [1.807, 2.05) is 38.1 Å². The lowest BCUT2D eigenvalue weighted by molar-refractivity contribution is -0.143. The molecule has 0 radical (unpaired) electrons. The maximum Gasteiger partial charge on any atom is 0.306 e. The average Bonchev–Trinajstić information content (AvgIpc) is 2.18. The second-order valence-electron chi connectivity index (χ2n) is 3.46. The van der Waals surface area contributed by atoms with Gasteiger partial charge in [0.25, 0.3) is 0 Å². The van der Waals surface area contributed by atoms with E-state index in [1.165, 1.54) is 0 Å². The number of halogens is 1. The molecule has 2 nitrogen and oxygen atoms in total. The number of carbonyl (C=O) groups is 1. The van der Waals surface area contributed by atoms with E-state index in [0.29, 0.717) is 18.1 Å². The van der Waals surface area contributed by atoms with Crippen LogP contribution in [0.25, 0.3) is 0 Å². The molecule has 1 aromatic carbocycles. The maximum absolute atomic E-state index is 11.2. The summed E-state index contributed by atoms with van der Waals surface area (Å²) in [5, 5.41) is 0.710. The Kier molecular flexibility index (Phi) is 4.63. The van der Waals surface area contributed by atoms with Crippen LogP contribution < -0.4 is 0 Å². The molecule has 0 saturated heterocycles. The average molecular weight is 227 g/mol. The van der Waals surface area contributed by atoms with Gasteiger partial charge in [-0.05, 0) is 30.5 Å². The number of hydrogen-bond acceptors (Lipinski definition) is 2. The predicted molar refractivity (Wildman–Crippen MR) is 61.1 cm³/mol. The van der Waals surface area contributed by atoms with E-state index in [2.05, 4.69) is 0 Å². The van der Waals surface area contributed by atoms with Crippen molar-refractivity contribution in [2.45, 2.75) is 26.2 Å². The lowest BCUT2D eigenvalue weighted by Crippen LogP contribution is -2.08. The molecule has 1 rings (SSSR count). The Bertz CT molecular complexity index is 319. The molecule has 0 N–H and O–H groups in total. The van der Waals surface area contributed by atoms with E-state index in [-0.39, 0.29) is 11.9 Å². The normalized spacial score (nSPS) is 12.2. The van der Waals surface area contributed by atoms with Crippen molar-refractivity contribution >= 4 is 17.6 Å². The quantitative estimate of drug-likeness (QED) is 0.736. The van der Waals surface area contributed by atoms with Crippen molar-refractivity contribution in [2.75, 3.05) is 6.61 Å². The van der Waals surface area contributed by atoms with Gasteiger partial charge in [0.15, 0.2) is 0 Å². The minimum absolute atomic E-state index is 0.153. The zero-order chi connectivity index (χ0) is 11.3. The first-order valence-electron chi connectivity index (χ1n) is 5.04. The lowest BCUT2D eigenvalue weighted by Gasteiger charge is -2.10. The van der Waals surface area contributed by atoms with Gasteiger partial charge in [0.1, 0.15) is 0 Å². The van der Waals surface area contributed by atoms with E-state index in [4.69, 9.17) is 16.3 Å². The van der Waals surface area contributed by atoms with E-state index in [0.717, 1.165) is 5.56 Å². The fourth-order valence-electron chi connectivity index (χ4n) is 1.38. The maximum atomic E-state index is 11.2. The van der Waals surface area contributed by atoms with Gasteiger partial charge in [-0.1, -0.05) is 30.7 Å². The van der Waals surface area contributed by atoms with Gasteiger partial charge in [-0.15, -0.1) is 0 Å². The molecule has 1 atom stereocenters. The van der Waals surface area contributed by atoms with Crippen LogP contribution in [-0.2, 0) is 9.53 Å². The third-order valence-corrected chi connectivity index (χ3v) is 2.47. The third kappa shape index (κ3) is 3.92. The second-order valence-corrected chi connectivity index (χ2v) is 3.90. The van der Waals surface area contributed by atoms with E-state index in [1.54, 1.807) is 0 Å². The summed E-state index contributed by atoms with van der Waals surface area (Å²) in [7, 11) is 0. The van der Waals surface area contributed by atoms with Crippen molar-refractivity contribution in [3.8, 4) is 0 Å². The number of benzene rings is 1. The first-order valence-corrected chi connectivity index (χ1v) is 5.42. The zero-order valence-electron chi connectivity index (χ0n) is 9.00. The molecular formula is C12H15ClO2. The molecule has 0 aliphatic rings. The molecule has 0 heterocycles. The van der Waals surface area contributed by atoms with Gasteiger partial charge in [-0.25, -0.2) is 0 Å². The number of carbonyl (C=O) groups excluding carboxylic acids is 1. The van der Waals surface area contributed by atoms with Gasteiger partial charge < -0.3 is 4.74 Å². The zero-order valence-corrected chi connectivity index (χ0v) is 9.75. The first-order chi connectivity index (χ1) is 7.13. The minimum Gasteiger partial charge on any atom is -0.466 e. The van der Waals surface area contributed by atoms with Crippen LogP contribution in [0.4, 0.5) is 0 Å². The van der Waals surface area contributed by atoms with Gasteiger partial charge in [0, 0.05) is 5.02 Å². The van der Waals surface area contributed by atoms with Crippen molar-refractivity contribution in [3.05, 3.63) is 34.9 Å². The van der Waals surface area contributed by atoms with Crippen molar-refractivity contribution in [2.24, 2.45) is 0 Å². The third-order valence-electron chi connectivity index (χ3n) is 2.22. The first kappa shape index (κ1) is 12.1. The van der Waals surface area contributed by atoms with Crippen LogP contribution >= 0.6 is 11.6 Å². The summed E-state index contributed by atoms with van der Waals surface area (Å²) < 4.78 is 4.89. The summed E-state index contributed by atoms with van der Waals surface area (Å²) in [6.07, 6.45) is 0.412. The van der Waals surface area contributed by atoms with E-state index < -0.39 is 0 Å². The molecule has 0 bridgehead atoms. The fraction of sp³-hybridized carbons (Fsp3) is 0.417. The van der Waals surface area contributed by atoms with E-state index in [9.17, 15) is 4.79 Å². The number of hydrogen-bond donors (Lipinski definition) is 0. The van der Waals surface area contributed by atoms with Crippen molar-refractivity contribution in [3.63, 3.8) is 0 Å². The summed E-state index contributed by atoms with van der Waals surface area (Å²) in [4.78, 5) is 11.2. The Morgan fingerprint density at radius 3 is 2.53 bits per heavy atom. The molecule has 0 amide bonds. The molecule has 0 saturated carbocycles. The Balaban J connectivity index is 2.57. The van der Waals surface area contributed by atoms with Crippen molar-refractivity contribution < 1.29 is 9.53 Å². The Morgan fingerprint density at radius 1 is 1.40 bits per heavy atom.